The van der Waals surface area contributed by atoms with Gasteiger partial charge in [-0.25, -0.2) is 0 Å². The van der Waals surface area contributed by atoms with Gasteiger partial charge in [0.2, 0.25) is 0 Å². The van der Waals surface area contributed by atoms with Gasteiger partial charge >= 0.3 is 0 Å². The highest BCUT2D eigenvalue weighted by Crippen LogP contribution is 2.17. The Kier molecular flexibility index (Phi) is 5.33. The monoisotopic (exact) mass is 273 g/mol. The third-order valence-electron chi connectivity index (χ3n) is 2.88. The summed E-state index contributed by atoms with van der Waals surface area (Å²) in [4.78, 5) is 1.01. The van der Waals surface area contributed by atoms with Crippen molar-refractivity contribution < 1.29 is 5.11 Å². The molecule has 2 unspecified atom stereocenters. The highest BCUT2D eigenvalue weighted by Gasteiger charge is 2.08. The number of benzene rings is 1. The molecule has 0 spiro atoms. The van der Waals surface area contributed by atoms with Crippen LogP contribution in [0.5, 0.6) is 0 Å². The van der Waals surface area contributed by atoms with Gasteiger partial charge in [-0.1, -0.05) is 48.6 Å². The average Bonchev–Trinajstić information content (AvgIpc) is 2.98. The fraction of sp³-hybridized carbons (Fsp3) is 0.250. The van der Waals surface area contributed by atoms with Gasteiger partial charge in [0.05, 0.1) is 0 Å². The molecular formula is C16H19NOS. The van der Waals surface area contributed by atoms with E-state index in [1.807, 2.05) is 35.7 Å². The highest BCUT2D eigenvalue weighted by atomic mass is 32.1. The summed E-state index contributed by atoms with van der Waals surface area (Å²) in [7, 11) is 0. The quantitative estimate of drug-likeness (QED) is 0.844. The minimum Gasteiger partial charge on any atom is -0.386 e. The van der Waals surface area contributed by atoms with Crippen LogP contribution in [0.1, 0.15) is 23.5 Å². The molecule has 3 heteroatoms. The first-order chi connectivity index (χ1) is 9.25. The fourth-order valence-corrected chi connectivity index (χ4v) is 2.48. The summed E-state index contributed by atoms with van der Waals surface area (Å²) in [5.74, 6) is 0. The summed E-state index contributed by atoms with van der Waals surface area (Å²) in [5.41, 5.74) is 1.19. The molecule has 2 N–H and O–H groups in total. The van der Waals surface area contributed by atoms with Crippen molar-refractivity contribution in [1.82, 2.24) is 5.32 Å². The summed E-state index contributed by atoms with van der Waals surface area (Å²) < 4.78 is 0. The van der Waals surface area contributed by atoms with E-state index in [0.717, 1.165) is 4.88 Å². The number of aliphatic hydroxyl groups excluding tert-OH is 1. The third-order valence-corrected chi connectivity index (χ3v) is 3.86. The Labute approximate surface area is 118 Å². The van der Waals surface area contributed by atoms with E-state index in [1.165, 1.54) is 5.56 Å². The maximum Gasteiger partial charge on any atom is 0.101 e. The van der Waals surface area contributed by atoms with Crippen molar-refractivity contribution in [3.05, 3.63) is 64.4 Å². The van der Waals surface area contributed by atoms with E-state index in [1.54, 1.807) is 11.3 Å². The number of rotatable bonds is 6. The summed E-state index contributed by atoms with van der Waals surface area (Å²) in [6, 6.07) is 14.4. The van der Waals surface area contributed by atoms with Crippen LogP contribution in [0, 0.1) is 0 Å². The van der Waals surface area contributed by atoms with Crippen molar-refractivity contribution in [2.24, 2.45) is 0 Å². The summed E-state index contributed by atoms with van der Waals surface area (Å²) in [5, 5.41) is 15.3. The van der Waals surface area contributed by atoms with Gasteiger partial charge in [-0.05, 0) is 23.9 Å². The molecule has 0 amide bonds. The maximum atomic E-state index is 9.97. The Bertz CT molecular complexity index is 493. The average molecular weight is 273 g/mol. The molecule has 19 heavy (non-hydrogen) atoms. The number of nitrogens with one attached hydrogen (secondary N) is 1. The third kappa shape index (κ3) is 4.63. The Hall–Kier alpha value is -1.42. The lowest BCUT2D eigenvalue weighted by Gasteiger charge is -2.13. The molecule has 0 saturated carbocycles. The van der Waals surface area contributed by atoms with Gasteiger partial charge in [-0.2, -0.15) is 0 Å². The Balaban J connectivity index is 1.79. The molecular weight excluding hydrogens is 254 g/mol. The van der Waals surface area contributed by atoms with E-state index >= 15 is 0 Å². The standard InChI is InChI=1S/C16H19NOS/c1-13(9-10-14-6-3-2-4-7-14)17-12-15(18)16-8-5-11-19-16/h2-11,13,15,17-18H,12H2,1H3/b10-9+. The molecule has 2 atom stereocenters. The predicted molar refractivity (Wildman–Crippen MR) is 82.2 cm³/mol. The molecule has 1 heterocycles. The lowest BCUT2D eigenvalue weighted by atomic mass is 10.2. The Morgan fingerprint density at radius 3 is 2.68 bits per heavy atom. The molecule has 0 aliphatic rings. The molecule has 100 valence electrons. The molecule has 0 aliphatic carbocycles. The first-order valence-electron chi connectivity index (χ1n) is 6.44. The van der Waals surface area contributed by atoms with Gasteiger partial charge in [0.25, 0.3) is 0 Å². The Morgan fingerprint density at radius 1 is 1.21 bits per heavy atom. The second-order valence-electron chi connectivity index (χ2n) is 4.50. The van der Waals surface area contributed by atoms with Gasteiger partial charge in [0.15, 0.2) is 0 Å². The first-order valence-corrected chi connectivity index (χ1v) is 7.32. The Morgan fingerprint density at radius 2 is 2.00 bits per heavy atom. The molecule has 0 bridgehead atoms. The van der Waals surface area contributed by atoms with Gasteiger partial charge < -0.3 is 10.4 Å². The van der Waals surface area contributed by atoms with E-state index in [0.29, 0.717) is 6.54 Å². The van der Waals surface area contributed by atoms with Crippen LogP contribution in [0.25, 0.3) is 6.08 Å². The topological polar surface area (TPSA) is 32.3 Å². The fourth-order valence-electron chi connectivity index (χ4n) is 1.77. The number of aliphatic hydroxyl groups is 1. The van der Waals surface area contributed by atoms with Gasteiger partial charge in [-0.3, -0.25) is 0 Å². The second kappa shape index (κ2) is 7.24. The largest absolute Gasteiger partial charge is 0.386 e. The molecule has 2 aromatic rings. The maximum absolute atomic E-state index is 9.97. The zero-order valence-electron chi connectivity index (χ0n) is 11.0. The lowest BCUT2D eigenvalue weighted by molar-refractivity contribution is 0.176. The number of hydrogen-bond acceptors (Lipinski definition) is 3. The van der Waals surface area contributed by atoms with Gasteiger partial charge in [0, 0.05) is 17.5 Å². The molecule has 1 aromatic heterocycles. The zero-order valence-corrected chi connectivity index (χ0v) is 11.8. The van der Waals surface area contributed by atoms with Crippen LogP contribution in [-0.2, 0) is 0 Å². The molecule has 0 radical (unpaired) electrons. The van der Waals surface area contributed by atoms with Crippen molar-refractivity contribution in [3.63, 3.8) is 0 Å². The normalized spacial score (nSPS) is 14.6. The number of hydrogen-bond donors (Lipinski definition) is 2. The van der Waals surface area contributed by atoms with Crippen molar-refractivity contribution in [2.75, 3.05) is 6.54 Å². The molecule has 1 aromatic carbocycles. The van der Waals surface area contributed by atoms with Crippen molar-refractivity contribution >= 4 is 17.4 Å². The van der Waals surface area contributed by atoms with Crippen LogP contribution in [0.2, 0.25) is 0 Å². The zero-order chi connectivity index (χ0) is 13.5. The predicted octanol–water partition coefficient (Wildman–Crippen LogP) is 3.47. The van der Waals surface area contributed by atoms with Crippen LogP contribution in [0.4, 0.5) is 0 Å². The highest BCUT2D eigenvalue weighted by molar-refractivity contribution is 7.10. The molecule has 2 nitrogen and oxygen atoms in total. The molecule has 0 aliphatic heterocycles. The van der Waals surface area contributed by atoms with Crippen LogP contribution in [-0.4, -0.2) is 17.7 Å². The minimum absolute atomic E-state index is 0.231. The number of thiophene rings is 1. The summed E-state index contributed by atoms with van der Waals surface area (Å²) >= 11 is 1.58. The van der Waals surface area contributed by atoms with Crippen LogP contribution < -0.4 is 5.32 Å². The minimum atomic E-state index is -0.424. The molecule has 0 saturated heterocycles. The van der Waals surface area contributed by atoms with Gasteiger partial charge in [-0.15, -0.1) is 11.3 Å². The van der Waals surface area contributed by atoms with Crippen LogP contribution in [0.15, 0.2) is 53.9 Å². The van der Waals surface area contributed by atoms with E-state index in [-0.39, 0.29) is 6.04 Å². The van der Waals surface area contributed by atoms with Crippen molar-refractivity contribution in [2.45, 2.75) is 19.1 Å². The lowest BCUT2D eigenvalue weighted by Crippen LogP contribution is -2.28. The SMILES string of the molecule is CC(/C=C/c1ccccc1)NCC(O)c1cccs1. The van der Waals surface area contributed by atoms with Crippen molar-refractivity contribution in [3.8, 4) is 0 Å². The van der Waals surface area contributed by atoms with E-state index in [4.69, 9.17) is 0 Å². The van der Waals surface area contributed by atoms with Gasteiger partial charge in [0.1, 0.15) is 6.10 Å². The molecule has 2 rings (SSSR count). The van der Waals surface area contributed by atoms with Crippen LogP contribution >= 0.6 is 11.3 Å². The molecule has 0 fully saturated rings. The van der Waals surface area contributed by atoms with Crippen LogP contribution in [0.3, 0.4) is 0 Å². The first kappa shape index (κ1) is 14.0. The van der Waals surface area contributed by atoms with Crippen molar-refractivity contribution in [1.29, 1.82) is 0 Å². The summed E-state index contributed by atoms with van der Waals surface area (Å²) in [6.07, 6.45) is 3.78. The smallest absolute Gasteiger partial charge is 0.101 e. The van der Waals surface area contributed by atoms with E-state index < -0.39 is 6.10 Å². The van der Waals surface area contributed by atoms with E-state index in [2.05, 4.69) is 36.5 Å². The summed E-state index contributed by atoms with van der Waals surface area (Å²) in [6.45, 7) is 2.65. The second-order valence-corrected chi connectivity index (χ2v) is 5.48. The van der Waals surface area contributed by atoms with E-state index in [9.17, 15) is 5.11 Å².